The Morgan fingerprint density at radius 3 is 2.18 bits per heavy atom. The highest BCUT2D eigenvalue weighted by Gasteiger charge is 2.29. The van der Waals surface area contributed by atoms with E-state index in [1.807, 2.05) is 58.0 Å². The van der Waals surface area contributed by atoms with Gasteiger partial charge in [-0.3, -0.25) is 4.79 Å². The maximum atomic E-state index is 11.8. The van der Waals surface area contributed by atoms with Gasteiger partial charge in [0.05, 0.1) is 5.41 Å². The van der Waals surface area contributed by atoms with Gasteiger partial charge < -0.3 is 11.1 Å². The molecule has 0 aliphatic carbocycles. The van der Waals surface area contributed by atoms with Gasteiger partial charge in [-0.2, -0.15) is 0 Å². The molecule has 1 aromatic carbocycles. The van der Waals surface area contributed by atoms with Crippen LogP contribution in [-0.2, 0) is 10.2 Å². The zero-order chi connectivity index (χ0) is 13.5. The summed E-state index contributed by atoms with van der Waals surface area (Å²) in [6.07, 6.45) is 0. The van der Waals surface area contributed by atoms with Crippen molar-refractivity contribution in [1.29, 1.82) is 0 Å². The number of benzene rings is 1. The minimum Gasteiger partial charge on any atom is -0.376 e. The summed E-state index contributed by atoms with van der Waals surface area (Å²) in [4.78, 5) is 11.8. The van der Waals surface area contributed by atoms with E-state index in [2.05, 4.69) is 17.5 Å². The SMILES string of the molecule is CC.CC(C)(C(=O)NC(N)=S)c1ccccc1.[HH].[HH]. The van der Waals surface area contributed by atoms with E-state index in [1.165, 1.54) is 0 Å². The van der Waals surface area contributed by atoms with Crippen molar-refractivity contribution in [2.75, 3.05) is 0 Å². The zero-order valence-corrected chi connectivity index (χ0v) is 11.6. The Balaban J connectivity index is -0.000000609. The fraction of sp³-hybridized carbons (Fsp3) is 0.385. The molecule has 0 aliphatic rings. The van der Waals surface area contributed by atoms with Crippen molar-refractivity contribution in [2.24, 2.45) is 5.73 Å². The van der Waals surface area contributed by atoms with Gasteiger partial charge in [0, 0.05) is 2.85 Å². The van der Waals surface area contributed by atoms with Gasteiger partial charge in [0.2, 0.25) is 5.91 Å². The van der Waals surface area contributed by atoms with E-state index in [-0.39, 0.29) is 13.9 Å². The molecule has 0 fully saturated rings. The molecule has 0 bridgehead atoms. The van der Waals surface area contributed by atoms with Crippen LogP contribution in [0.2, 0.25) is 0 Å². The van der Waals surface area contributed by atoms with E-state index in [4.69, 9.17) is 5.73 Å². The fourth-order valence-corrected chi connectivity index (χ4v) is 1.35. The molecule has 4 heteroatoms. The maximum absolute atomic E-state index is 11.8. The number of thiocarbonyl (C=S) groups is 1. The first-order valence-electron chi connectivity index (χ1n) is 5.61. The van der Waals surface area contributed by atoms with Gasteiger partial charge in [0.15, 0.2) is 5.11 Å². The summed E-state index contributed by atoms with van der Waals surface area (Å²) in [7, 11) is 0. The lowest BCUT2D eigenvalue weighted by molar-refractivity contribution is -0.124. The molecule has 0 saturated carbocycles. The van der Waals surface area contributed by atoms with Crippen LogP contribution in [0.5, 0.6) is 0 Å². The molecule has 98 valence electrons. The quantitative estimate of drug-likeness (QED) is 0.800. The van der Waals surface area contributed by atoms with Crippen molar-refractivity contribution < 1.29 is 7.65 Å². The van der Waals surface area contributed by atoms with Gasteiger partial charge in [-0.25, -0.2) is 0 Å². The second-order valence-electron chi connectivity index (χ2n) is 3.81. The number of rotatable bonds is 2. The third-order valence-corrected chi connectivity index (χ3v) is 2.40. The van der Waals surface area contributed by atoms with Gasteiger partial charge >= 0.3 is 0 Å². The van der Waals surface area contributed by atoms with Crippen LogP contribution in [0.15, 0.2) is 30.3 Å². The Hall–Kier alpha value is -1.42. The normalized spacial score (nSPS) is 9.88. The summed E-state index contributed by atoms with van der Waals surface area (Å²) in [5.41, 5.74) is 5.56. The van der Waals surface area contributed by atoms with Crippen molar-refractivity contribution in [3.8, 4) is 0 Å². The summed E-state index contributed by atoms with van der Waals surface area (Å²) >= 11 is 4.64. The molecule has 17 heavy (non-hydrogen) atoms. The van der Waals surface area contributed by atoms with E-state index < -0.39 is 5.41 Å². The molecule has 3 N–H and O–H groups in total. The zero-order valence-electron chi connectivity index (χ0n) is 10.8. The highest BCUT2D eigenvalue weighted by Crippen LogP contribution is 2.22. The predicted octanol–water partition coefficient (Wildman–Crippen LogP) is 2.84. The van der Waals surface area contributed by atoms with E-state index in [0.29, 0.717) is 0 Å². The average molecular weight is 256 g/mol. The average Bonchev–Trinajstić information content (AvgIpc) is 2.32. The lowest BCUT2D eigenvalue weighted by Crippen LogP contribution is -2.45. The van der Waals surface area contributed by atoms with Gasteiger partial charge in [0.25, 0.3) is 0 Å². The molecule has 0 unspecified atom stereocenters. The molecular formula is C13H24N2OS. The molecule has 0 radical (unpaired) electrons. The second-order valence-corrected chi connectivity index (χ2v) is 4.25. The lowest BCUT2D eigenvalue weighted by Gasteiger charge is -2.23. The first-order chi connectivity index (χ1) is 7.94. The summed E-state index contributed by atoms with van der Waals surface area (Å²) in [6.45, 7) is 7.66. The Morgan fingerprint density at radius 1 is 1.29 bits per heavy atom. The van der Waals surface area contributed by atoms with Crippen LogP contribution in [0.4, 0.5) is 0 Å². The Bertz CT molecular complexity index is 383. The highest BCUT2D eigenvalue weighted by atomic mass is 32.1. The Morgan fingerprint density at radius 2 is 1.76 bits per heavy atom. The van der Waals surface area contributed by atoms with Crippen molar-refractivity contribution in [1.82, 2.24) is 5.32 Å². The van der Waals surface area contributed by atoms with Crippen molar-refractivity contribution in [3.63, 3.8) is 0 Å². The molecule has 0 atom stereocenters. The summed E-state index contributed by atoms with van der Waals surface area (Å²) in [6, 6.07) is 9.50. The minimum absolute atomic E-state index is 0. The van der Waals surface area contributed by atoms with Crippen LogP contribution in [0.1, 0.15) is 36.1 Å². The van der Waals surface area contributed by atoms with Crippen LogP contribution < -0.4 is 11.1 Å². The standard InChI is InChI=1S/C11H14N2OS.C2H6.2H2/c1-11(2,9(14)13-10(12)15)8-6-4-3-5-7-8;1-2;;/h3-7H,1-2H3,(H3,12,13,14,15);1-2H3;2*1H. The third kappa shape index (κ3) is 4.53. The number of nitrogens with two attached hydrogens (primary N) is 1. The molecule has 1 rings (SSSR count). The van der Waals surface area contributed by atoms with E-state index in [0.717, 1.165) is 5.56 Å². The summed E-state index contributed by atoms with van der Waals surface area (Å²) < 4.78 is 0. The smallest absolute Gasteiger partial charge is 0.236 e. The van der Waals surface area contributed by atoms with Crippen LogP contribution in [-0.4, -0.2) is 11.0 Å². The number of hydrogen-bond acceptors (Lipinski definition) is 2. The molecule has 0 saturated heterocycles. The van der Waals surface area contributed by atoms with Crippen molar-refractivity contribution in [2.45, 2.75) is 33.1 Å². The monoisotopic (exact) mass is 256 g/mol. The van der Waals surface area contributed by atoms with Crippen LogP contribution in [0.25, 0.3) is 0 Å². The lowest BCUT2D eigenvalue weighted by atomic mass is 9.84. The van der Waals surface area contributed by atoms with E-state index >= 15 is 0 Å². The molecule has 0 aromatic heterocycles. The van der Waals surface area contributed by atoms with Gasteiger partial charge in [-0.05, 0) is 31.6 Å². The first-order valence-corrected chi connectivity index (χ1v) is 6.02. The minimum atomic E-state index is -0.634. The second kappa shape index (κ2) is 7.01. The first kappa shape index (κ1) is 15.6. The number of nitrogens with one attached hydrogen (secondary N) is 1. The largest absolute Gasteiger partial charge is 0.376 e. The number of hydrogen-bond donors (Lipinski definition) is 2. The third-order valence-electron chi connectivity index (χ3n) is 2.30. The van der Waals surface area contributed by atoms with Gasteiger partial charge in [-0.15, -0.1) is 0 Å². The Labute approximate surface area is 111 Å². The Kier molecular flexibility index (Phi) is 6.43. The number of carbonyl (C=O) groups excluding carboxylic acids is 1. The highest BCUT2D eigenvalue weighted by molar-refractivity contribution is 7.80. The fourth-order valence-electron chi connectivity index (χ4n) is 1.25. The summed E-state index contributed by atoms with van der Waals surface area (Å²) in [5.74, 6) is -0.193. The molecular weight excluding hydrogens is 232 g/mol. The topological polar surface area (TPSA) is 55.1 Å². The van der Waals surface area contributed by atoms with Crippen molar-refractivity contribution in [3.05, 3.63) is 35.9 Å². The molecule has 1 aromatic rings. The molecule has 3 nitrogen and oxygen atoms in total. The maximum Gasteiger partial charge on any atom is 0.236 e. The molecule has 1 amide bonds. The van der Waals surface area contributed by atoms with Crippen LogP contribution in [0, 0.1) is 0 Å². The van der Waals surface area contributed by atoms with Gasteiger partial charge in [-0.1, -0.05) is 44.2 Å². The van der Waals surface area contributed by atoms with Crippen LogP contribution in [0.3, 0.4) is 0 Å². The van der Waals surface area contributed by atoms with Crippen LogP contribution >= 0.6 is 12.2 Å². The van der Waals surface area contributed by atoms with Crippen molar-refractivity contribution >= 4 is 23.2 Å². The predicted molar refractivity (Wildman–Crippen MR) is 80.0 cm³/mol. The van der Waals surface area contributed by atoms with Gasteiger partial charge in [0.1, 0.15) is 0 Å². The summed E-state index contributed by atoms with van der Waals surface area (Å²) in [5, 5.41) is 2.46. The van der Waals surface area contributed by atoms with E-state index in [1.54, 1.807) is 0 Å². The number of amides is 1. The molecule has 0 aliphatic heterocycles. The molecule has 0 spiro atoms. The van der Waals surface area contributed by atoms with E-state index in [9.17, 15) is 4.79 Å². The number of carbonyl (C=O) groups is 1. The molecule has 0 heterocycles.